The molecule has 6 nitrogen and oxygen atoms in total. The number of methoxy groups -OCH3 is 2. The second kappa shape index (κ2) is 10.1. The fourth-order valence-electron chi connectivity index (χ4n) is 4.84. The lowest BCUT2D eigenvalue weighted by Crippen LogP contribution is -2.29. The van der Waals surface area contributed by atoms with Crippen LogP contribution in [0.1, 0.15) is 39.9 Å². The van der Waals surface area contributed by atoms with Crippen LogP contribution in [-0.4, -0.2) is 26.0 Å². The van der Waals surface area contributed by atoms with Crippen LogP contribution in [-0.2, 0) is 16.1 Å². The van der Waals surface area contributed by atoms with Gasteiger partial charge in [0.25, 0.3) is 0 Å². The lowest BCUT2D eigenvalue weighted by molar-refractivity contribution is -0.136. The van der Waals surface area contributed by atoms with Crippen molar-refractivity contribution < 1.29 is 23.8 Å². The van der Waals surface area contributed by atoms with Gasteiger partial charge in [0.1, 0.15) is 6.61 Å². The van der Waals surface area contributed by atoms with Gasteiger partial charge in [-0.3, -0.25) is 4.79 Å². The molecule has 37 heavy (non-hydrogen) atoms. The Morgan fingerprint density at radius 3 is 2.43 bits per heavy atom. The summed E-state index contributed by atoms with van der Waals surface area (Å²) in [6, 6.07) is 18.4. The fraction of sp³-hybridized carbons (Fsp3) is 0.172. The highest BCUT2D eigenvalue weighted by Crippen LogP contribution is 2.50. The summed E-state index contributed by atoms with van der Waals surface area (Å²) in [5, 5.41) is 3.89. The van der Waals surface area contributed by atoms with E-state index in [2.05, 4.69) is 21.2 Å². The molecule has 0 amide bonds. The van der Waals surface area contributed by atoms with E-state index in [9.17, 15) is 9.59 Å². The van der Waals surface area contributed by atoms with Crippen LogP contribution < -0.4 is 14.8 Å². The van der Waals surface area contributed by atoms with Gasteiger partial charge in [0.15, 0.2) is 17.3 Å². The predicted molar refractivity (Wildman–Crippen MR) is 145 cm³/mol. The molecule has 1 N–H and O–H groups in total. The second-order valence-electron chi connectivity index (χ2n) is 8.66. The van der Waals surface area contributed by atoms with E-state index in [-0.39, 0.29) is 12.4 Å². The molecule has 2 aliphatic rings. The average molecular weight is 581 g/mol. The molecule has 8 heteroatoms. The van der Waals surface area contributed by atoms with Crippen molar-refractivity contribution in [2.75, 3.05) is 14.2 Å². The van der Waals surface area contributed by atoms with E-state index < -0.39 is 11.9 Å². The second-order valence-corrected chi connectivity index (χ2v) is 9.92. The van der Waals surface area contributed by atoms with E-state index in [0.29, 0.717) is 54.7 Å². The van der Waals surface area contributed by atoms with Gasteiger partial charge < -0.3 is 19.5 Å². The Balaban J connectivity index is 1.62. The molecule has 0 bridgehead atoms. The van der Waals surface area contributed by atoms with Gasteiger partial charge >= 0.3 is 5.97 Å². The van der Waals surface area contributed by atoms with E-state index >= 15 is 0 Å². The van der Waals surface area contributed by atoms with Crippen molar-refractivity contribution >= 4 is 45.0 Å². The molecule has 3 aromatic rings. The molecule has 0 saturated heterocycles. The zero-order chi connectivity index (χ0) is 26.3. The van der Waals surface area contributed by atoms with Gasteiger partial charge in [-0.25, -0.2) is 4.79 Å². The number of dihydropyridines is 1. The van der Waals surface area contributed by atoms with Crippen LogP contribution in [0.3, 0.4) is 0 Å². The smallest absolute Gasteiger partial charge is 0.336 e. The summed E-state index contributed by atoms with van der Waals surface area (Å²) in [5.74, 6) is -0.403. The van der Waals surface area contributed by atoms with Crippen molar-refractivity contribution in [2.24, 2.45) is 0 Å². The molecule has 1 aliphatic carbocycles. The standard InChI is InChI=1S/C29H23BrClNO5/c1-15-24(29(34)36-3)25(26-27(32-15)17-9-5-6-10-18(17)28(26)33)19-12-22(35-2)23(13-20(19)30)37-14-16-8-4-7-11-21(16)31/h4-13,25,32H,14H2,1-3H3/t25-/m1/s1. The third kappa shape index (κ3) is 4.32. The maximum atomic E-state index is 13.6. The number of carbonyl (C=O) groups is 2. The molecule has 1 heterocycles. The van der Waals surface area contributed by atoms with Gasteiger partial charge in [-0.2, -0.15) is 0 Å². The zero-order valence-corrected chi connectivity index (χ0v) is 22.7. The van der Waals surface area contributed by atoms with Crippen molar-refractivity contribution in [1.82, 2.24) is 5.32 Å². The number of allylic oxidation sites excluding steroid dienone is 2. The number of ketones is 1. The third-order valence-corrected chi connectivity index (χ3v) is 7.64. The highest BCUT2D eigenvalue weighted by atomic mass is 79.9. The Labute approximate surface area is 228 Å². The summed E-state index contributed by atoms with van der Waals surface area (Å²) in [4.78, 5) is 26.7. The van der Waals surface area contributed by atoms with Crippen molar-refractivity contribution in [3.05, 3.63) is 109 Å². The minimum Gasteiger partial charge on any atom is -0.493 e. The number of fused-ring (bicyclic) bond motifs is 2. The number of benzene rings is 3. The number of carbonyl (C=O) groups excluding carboxylic acids is 2. The molecular formula is C29H23BrClNO5. The van der Waals surface area contributed by atoms with E-state index in [1.807, 2.05) is 36.4 Å². The number of rotatable bonds is 6. The molecule has 0 spiro atoms. The summed E-state index contributed by atoms with van der Waals surface area (Å²) < 4.78 is 17.5. The van der Waals surface area contributed by atoms with Crippen LogP contribution in [0.5, 0.6) is 11.5 Å². The van der Waals surface area contributed by atoms with E-state index in [0.717, 1.165) is 11.1 Å². The predicted octanol–water partition coefficient (Wildman–Crippen LogP) is 6.43. The van der Waals surface area contributed by atoms with Crippen molar-refractivity contribution in [2.45, 2.75) is 19.4 Å². The maximum absolute atomic E-state index is 13.6. The Bertz CT molecular complexity index is 1510. The number of esters is 1. The normalized spacial score (nSPS) is 16.2. The van der Waals surface area contributed by atoms with Crippen LogP contribution in [0.25, 0.3) is 5.70 Å². The largest absolute Gasteiger partial charge is 0.493 e. The third-order valence-electron chi connectivity index (χ3n) is 6.59. The number of halogens is 2. The summed E-state index contributed by atoms with van der Waals surface area (Å²) >= 11 is 9.95. The molecule has 0 saturated carbocycles. The topological polar surface area (TPSA) is 73.9 Å². The van der Waals surface area contributed by atoms with Crippen molar-refractivity contribution in [3.8, 4) is 11.5 Å². The van der Waals surface area contributed by atoms with Crippen molar-refractivity contribution in [1.29, 1.82) is 0 Å². The first-order valence-corrected chi connectivity index (χ1v) is 12.7. The first-order chi connectivity index (χ1) is 17.8. The monoisotopic (exact) mass is 579 g/mol. The molecule has 1 aliphatic heterocycles. The van der Waals surface area contributed by atoms with Crippen LogP contribution in [0.4, 0.5) is 0 Å². The average Bonchev–Trinajstić information content (AvgIpc) is 3.18. The fourth-order valence-corrected chi connectivity index (χ4v) is 5.58. The van der Waals surface area contributed by atoms with E-state index in [1.54, 1.807) is 38.3 Å². The van der Waals surface area contributed by atoms with Gasteiger partial charge in [0, 0.05) is 37.5 Å². The lowest BCUT2D eigenvalue weighted by atomic mass is 9.79. The summed E-state index contributed by atoms with van der Waals surface area (Å²) in [6.07, 6.45) is 0. The number of hydrogen-bond donors (Lipinski definition) is 1. The van der Waals surface area contributed by atoms with Crippen LogP contribution in [0, 0.1) is 0 Å². The van der Waals surface area contributed by atoms with Crippen LogP contribution in [0.2, 0.25) is 5.02 Å². The van der Waals surface area contributed by atoms with E-state index in [4.69, 9.17) is 25.8 Å². The minimum atomic E-state index is -0.690. The molecule has 5 rings (SSSR count). The van der Waals surface area contributed by atoms with Gasteiger partial charge in [-0.05, 0) is 30.7 Å². The van der Waals surface area contributed by atoms with Gasteiger partial charge in [-0.1, -0.05) is 70.0 Å². The number of nitrogens with one attached hydrogen (secondary N) is 1. The van der Waals surface area contributed by atoms with Crippen LogP contribution >= 0.6 is 27.5 Å². The van der Waals surface area contributed by atoms with Crippen molar-refractivity contribution in [3.63, 3.8) is 0 Å². The Morgan fingerprint density at radius 1 is 1.03 bits per heavy atom. The Hall–Kier alpha value is -3.55. The molecule has 0 radical (unpaired) electrons. The molecular weight excluding hydrogens is 558 g/mol. The van der Waals surface area contributed by atoms with Gasteiger partial charge in [-0.15, -0.1) is 0 Å². The quantitative estimate of drug-likeness (QED) is 0.339. The first-order valence-electron chi connectivity index (χ1n) is 11.5. The minimum absolute atomic E-state index is 0.137. The lowest BCUT2D eigenvalue weighted by Gasteiger charge is -2.30. The molecule has 0 fully saturated rings. The number of ether oxygens (including phenoxy) is 3. The SMILES string of the molecule is COC(=O)C1=C(C)NC2=C(C(=O)c3ccccc32)[C@@H]1c1cc(OC)c(OCc2ccccc2Cl)cc1Br. The number of hydrogen-bond acceptors (Lipinski definition) is 6. The molecule has 1 atom stereocenters. The highest BCUT2D eigenvalue weighted by molar-refractivity contribution is 9.10. The Morgan fingerprint density at radius 2 is 1.73 bits per heavy atom. The molecule has 0 unspecified atom stereocenters. The molecule has 188 valence electrons. The highest BCUT2D eigenvalue weighted by Gasteiger charge is 2.43. The molecule has 0 aromatic heterocycles. The zero-order valence-electron chi connectivity index (χ0n) is 20.4. The summed E-state index contributed by atoms with van der Waals surface area (Å²) in [6.45, 7) is 2.05. The number of Topliss-reactive ketones (excluding diaryl/α,β-unsaturated/α-hetero) is 1. The summed E-state index contributed by atoms with van der Waals surface area (Å²) in [5.41, 5.74) is 5.06. The van der Waals surface area contributed by atoms with Gasteiger partial charge in [0.2, 0.25) is 0 Å². The van der Waals surface area contributed by atoms with E-state index in [1.165, 1.54) is 7.11 Å². The maximum Gasteiger partial charge on any atom is 0.336 e. The summed E-state index contributed by atoms with van der Waals surface area (Å²) in [7, 11) is 2.87. The van der Waals surface area contributed by atoms with Crippen LogP contribution in [0.15, 0.2) is 82.0 Å². The Kier molecular flexibility index (Phi) is 6.84. The molecule has 3 aromatic carbocycles. The van der Waals surface area contributed by atoms with Gasteiger partial charge in [0.05, 0.1) is 31.4 Å². The first kappa shape index (κ1) is 25.1.